The Morgan fingerprint density at radius 3 is 2.28 bits per heavy atom. The number of aliphatic hydroxyl groups is 2. The lowest BCUT2D eigenvalue weighted by Gasteiger charge is -2.39. The molecule has 3 aromatic rings. The number of benzene rings is 2. The third-order valence-corrected chi connectivity index (χ3v) is 4.54. The molecule has 0 bridgehead atoms. The molecule has 0 aliphatic carbocycles. The molecule has 4 rings (SSSR count). The van der Waals surface area contributed by atoms with Gasteiger partial charge in [-0.25, -0.2) is 0 Å². The molecule has 0 saturated heterocycles. The molecule has 0 saturated carbocycles. The van der Waals surface area contributed by atoms with Crippen LogP contribution >= 0.6 is 0 Å². The molecule has 2 atom stereocenters. The van der Waals surface area contributed by atoms with E-state index in [0.29, 0.717) is 33.6 Å². The van der Waals surface area contributed by atoms with Crippen molar-refractivity contribution in [3.8, 4) is 28.6 Å². The van der Waals surface area contributed by atoms with Crippen LogP contribution in [0.1, 0.15) is 25.5 Å². The second-order valence-electron chi connectivity index (χ2n) is 6.87. The van der Waals surface area contributed by atoms with Crippen molar-refractivity contribution in [2.24, 2.45) is 0 Å². The molecule has 6 nitrogen and oxygen atoms in total. The minimum Gasteiger partial charge on any atom is -0.508 e. The van der Waals surface area contributed by atoms with E-state index in [1.807, 2.05) is 0 Å². The monoisotopic (exact) mass is 342 g/mol. The van der Waals surface area contributed by atoms with Crippen molar-refractivity contribution >= 4 is 11.0 Å². The maximum Gasteiger partial charge on any atom is 0.138 e. The van der Waals surface area contributed by atoms with Gasteiger partial charge in [0.15, 0.2) is 0 Å². The van der Waals surface area contributed by atoms with Gasteiger partial charge >= 0.3 is 0 Å². The topological polar surface area (TPSA) is 103 Å². The molecule has 6 heteroatoms. The maximum atomic E-state index is 10.4. The highest BCUT2D eigenvalue weighted by Crippen LogP contribution is 2.43. The molecule has 0 fully saturated rings. The van der Waals surface area contributed by atoms with E-state index in [0.717, 1.165) is 0 Å². The normalized spacial score (nSPS) is 21.8. The highest BCUT2D eigenvalue weighted by molar-refractivity contribution is 5.85. The van der Waals surface area contributed by atoms with Gasteiger partial charge in [-0.2, -0.15) is 0 Å². The Morgan fingerprint density at radius 1 is 0.920 bits per heavy atom. The fraction of sp³-hybridized carbons (Fsp3) is 0.263. The Morgan fingerprint density at radius 2 is 1.60 bits per heavy atom. The Hall–Kier alpha value is -2.70. The van der Waals surface area contributed by atoms with Gasteiger partial charge in [-0.15, -0.1) is 0 Å². The molecule has 0 radical (unpaired) electrons. The van der Waals surface area contributed by atoms with E-state index in [1.54, 1.807) is 32.0 Å². The first-order valence-corrected chi connectivity index (χ1v) is 7.90. The largest absolute Gasteiger partial charge is 0.508 e. The number of hydrogen-bond donors (Lipinski definition) is 4. The summed E-state index contributed by atoms with van der Waals surface area (Å²) in [6.07, 6.45) is -2.11. The Bertz CT molecular complexity index is 951. The SMILES string of the molecule is CC1(C)Oc2cc3oc(-c4cc(O)cc(O)c4)cc3cc2[C@H](O)[C@H]1O. The van der Waals surface area contributed by atoms with Crippen molar-refractivity contribution in [1.82, 2.24) is 0 Å². The smallest absolute Gasteiger partial charge is 0.138 e. The van der Waals surface area contributed by atoms with Gasteiger partial charge in [-0.05, 0) is 38.1 Å². The number of hydrogen-bond acceptors (Lipinski definition) is 6. The van der Waals surface area contributed by atoms with Crippen molar-refractivity contribution in [2.75, 3.05) is 0 Å². The Labute approximate surface area is 143 Å². The number of ether oxygens (including phenoxy) is 1. The summed E-state index contributed by atoms with van der Waals surface area (Å²) in [5.74, 6) is 0.768. The van der Waals surface area contributed by atoms with Crippen LogP contribution in [0.4, 0.5) is 0 Å². The zero-order valence-corrected chi connectivity index (χ0v) is 13.7. The van der Waals surface area contributed by atoms with Crippen LogP contribution in [0, 0.1) is 0 Å². The molecule has 0 amide bonds. The fourth-order valence-electron chi connectivity index (χ4n) is 3.18. The highest BCUT2D eigenvalue weighted by atomic mass is 16.5. The second kappa shape index (κ2) is 5.15. The van der Waals surface area contributed by atoms with Crippen molar-refractivity contribution in [3.63, 3.8) is 0 Å². The minimum absolute atomic E-state index is 0.0709. The van der Waals surface area contributed by atoms with Crippen LogP contribution in [-0.2, 0) is 0 Å². The Kier molecular flexibility index (Phi) is 3.25. The molecule has 0 spiro atoms. The summed E-state index contributed by atoms with van der Waals surface area (Å²) in [5.41, 5.74) is 0.627. The van der Waals surface area contributed by atoms with E-state index in [2.05, 4.69) is 0 Å². The molecule has 2 heterocycles. The summed E-state index contributed by atoms with van der Waals surface area (Å²) >= 11 is 0. The number of phenolic OH excluding ortho intramolecular Hbond substituents is 2. The molecule has 2 aromatic carbocycles. The molecule has 25 heavy (non-hydrogen) atoms. The third-order valence-electron chi connectivity index (χ3n) is 4.54. The minimum atomic E-state index is -1.06. The van der Waals surface area contributed by atoms with E-state index < -0.39 is 17.8 Å². The highest BCUT2D eigenvalue weighted by Gasteiger charge is 2.42. The summed E-state index contributed by atoms with van der Waals surface area (Å²) < 4.78 is 11.6. The van der Waals surface area contributed by atoms with Crippen molar-refractivity contribution < 1.29 is 29.6 Å². The molecule has 130 valence electrons. The average molecular weight is 342 g/mol. The first-order valence-electron chi connectivity index (χ1n) is 7.90. The van der Waals surface area contributed by atoms with Crippen LogP contribution in [0.15, 0.2) is 40.8 Å². The van der Waals surface area contributed by atoms with Crippen molar-refractivity contribution in [1.29, 1.82) is 0 Å². The summed E-state index contributed by atoms with van der Waals surface area (Å²) in [7, 11) is 0. The molecule has 1 aliphatic heterocycles. The van der Waals surface area contributed by atoms with Gasteiger partial charge in [-0.3, -0.25) is 0 Å². The van der Waals surface area contributed by atoms with Crippen LogP contribution in [0.2, 0.25) is 0 Å². The number of aliphatic hydroxyl groups excluding tert-OH is 2. The molecule has 4 N–H and O–H groups in total. The lowest BCUT2D eigenvalue weighted by molar-refractivity contribution is -0.111. The third kappa shape index (κ3) is 2.50. The van der Waals surface area contributed by atoms with Crippen molar-refractivity contribution in [2.45, 2.75) is 31.7 Å². The van der Waals surface area contributed by atoms with Gasteiger partial charge in [-0.1, -0.05) is 0 Å². The predicted octanol–water partition coefficient (Wildman–Crippen LogP) is 3.08. The molecular weight excluding hydrogens is 324 g/mol. The average Bonchev–Trinajstić information content (AvgIpc) is 2.93. The Balaban J connectivity index is 1.85. The summed E-state index contributed by atoms with van der Waals surface area (Å²) in [6.45, 7) is 3.41. The van der Waals surface area contributed by atoms with E-state index >= 15 is 0 Å². The number of rotatable bonds is 1. The van der Waals surface area contributed by atoms with Gasteiger partial charge in [0.05, 0.1) is 0 Å². The number of furan rings is 1. The second-order valence-corrected chi connectivity index (χ2v) is 6.87. The van der Waals surface area contributed by atoms with Crippen LogP contribution < -0.4 is 4.74 Å². The number of aromatic hydroxyl groups is 2. The van der Waals surface area contributed by atoms with Gasteiger partial charge in [0.2, 0.25) is 0 Å². The van der Waals surface area contributed by atoms with Crippen LogP contribution in [0.3, 0.4) is 0 Å². The number of fused-ring (bicyclic) bond motifs is 2. The summed E-state index contributed by atoms with van der Waals surface area (Å²) in [5, 5.41) is 40.6. The standard InChI is InChI=1S/C19H18O6/c1-19(2)18(23)17(22)13-5-10-6-14(24-15(10)8-16(13)25-19)9-3-11(20)7-12(21)4-9/h3-8,17-18,20-23H,1-2H3/t17-,18+/m0/s1. The van der Waals surface area contributed by atoms with E-state index in [9.17, 15) is 20.4 Å². The quantitative estimate of drug-likeness (QED) is 0.542. The zero-order valence-electron chi connectivity index (χ0n) is 13.7. The fourth-order valence-corrected chi connectivity index (χ4v) is 3.18. The van der Waals surface area contributed by atoms with E-state index in [-0.39, 0.29) is 11.5 Å². The van der Waals surface area contributed by atoms with Crippen LogP contribution in [0.5, 0.6) is 17.2 Å². The van der Waals surface area contributed by atoms with E-state index in [1.165, 1.54) is 18.2 Å². The molecule has 0 unspecified atom stereocenters. The van der Waals surface area contributed by atoms with Crippen molar-refractivity contribution in [3.05, 3.63) is 42.0 Å². The summed E-state index contributed by atoms with van der Waals surface area (Å²) in [4.78, 5) is 0. The lowest BCUT2D eigenvalue weighted by Crippen LogP contribution is -2.48. The van der Waals surface area contributed by atoms with Gasteiger partial charge in [0, 0.05) is 28.6 Å². The van der Waals surface area contributed by atoms with Gasteiger partial charge < -0.3 is 29.6 Å². The van der Waals surface area contributed by atoms with Gasteiger partial charge in [0.25, 0.3) is 0 Å². The lowest BCUT2D eigenvalue weighted by atomic mass is 9.88. The maximum absolute atomic E-state index is 10.4. The van der Waals surface area contributed by atoms with Gasteiger partial charge in [0.1, 0.15) is 46.4 Å². The molecule has 1 aliphatic rings. The number of phenols is 2. The van der Waals surface area contributed by atoms with E-state index in [4.69, 9.17) is 9.15 Å². The predicted molar refractivity (Wildman–Crippen MR) is 90.7 cm³/mol. The molecule has 1 aromatic heterocycles. The van der Waals surface area contributed by atoms with Crippen LogP contribution in [-0.4, -0.2) is 32.1 Å². The van der Waals surface area contributed by atoms with Crippen LogP contribution in [0.25, 0.3) is 22.3 Å². The molecular formula is C19H18O6. The first kappa shape index (κ1) is 15.8. The zero-order chi connectivity index (χ0) is 17.9. The first-order chi connectivity index (χ1) is 11.7. The summed E-state index contributed by atoms with van der Waals surface area (Å²) in [6, 6.07) is 9.32.